The van der Waals surface area contributed by atoms with Gasteiger partial charge in [0.15, 0.2) is 5.76 Å². The second-order valence-electron chi connectivity index (χ2n) is 5.89. The topological polar surface area (TPSA) is 71.4 Å². The highest BCUT2D eigenvalue weighted by molar-refractivity contribution is 5.49. The van der Waals surface area contributed by atoms with Gasteiger partial charge in [-0.1, -0.05) is 5.16 Å². The maximum Gasteiger partial charge on any atom is 0.202 e. The molecule has 0 aliphatic carbocycles. The summed E-state index contributed by atoms with van der Waals surface area (Å²) in [6.45, 7) is 6.51. The Labute approximate surface area is 139 Å². The molecule has 0 bridgehead atoms. The van der Waals surface area contributed by atoms with Crippen LogP contribution in [-0.2, 0) is 6.54 Å². The zero-order valence-corrected chi connectivity index (χ0v) is 13.6. The minimum Gasteiger partial charge on any atom is -0.461 e. The number of anilines is 1. The molecule has 0 unspecified atom stereocenters. The smallest absolute Gasteiger partial charge is 0.202 e. The highest BCUT2D eigenvalue weighted by Gasteiger charge is 2.20. The molecule has 1 fully saturated rings. The fourth-order valence-electron chi connectivity index (χ4n) is 2.91. The van der Waals surface area contributed by atoms with Gasteiger partial charge in [0.1, 0.15) is 11.6 Å². The molecule has 1 saturated heterocycles. The van der Waals surface area contributed by atoms with Crippen LogP contribution in [0, 0.1) is 6.92 Å². The first-order valence-electron chi connectivity index (χ1n) is 8.04. The molecule has 1 aliphatic rings. The lowest BCUT2D eigenvalue weighted by atomic mass is 10.2. The average Bonchev–Trinajstić information content (AvgIpc) is 3.27. The largest absolute Gasteiger partial charge is 0.461 e. The van der Waals surface area contributed by atoms with Gasteiger partial charge in [0.2, 0.25) is 5.76 Å². The number of nitrogens with zero attached hydrogens (tertiary/aromatic N) is 5. The van der Waals surface area contributed by atoms with Crippen molar-refractivity contribution in [1.29, 1.82) is 0 Å². The van der Waals surface area contributed by atoms with E-state index in [0.717, 1.165) is 50.1 Å². The van der Waals surface area contributed by atoms with E-state index in [1.54, 1.807) is 6.26 Å². The molecule has 0 spiro atoms. The molecular weight excluding hydrogens is 306 g/mol. The van der Waals surface area contributed by atoms with Crippen molar-refractivity contribution < 1.29 is 8.94 Å². The van der Waals surface area contributed by atoms with Crippen molar-refractivity contribution in [2.75, 3.05) is 31.1 Å². The normalized spacial score (nSPS) is 15.8. The Morgan fingerprint density at radius 1 is 1.12 bits per heavy atom. The predicted octanol–water partition coefficient (Wildman–Crippen LogP) is 2.36. The van der Waals surface area contributed by atoms with Crippen LogP contribution in [0.15, 0.2) is 45.7 Å². The lowest BCUT2D eigenvalue weighted by Crippen LogP contribution is -2.46. The van der Waals surface area contributed by atoms with Crippen molar-refractivity contribution in [2.24, 2.45) is 0 Å². The summed E-state index contributed by atoms with van der Waals surface area (Å²) >= 11 is 0. The number of aromatic nitrogens is 3. The molecule has 0 atom stereocenters. The van der Waals surface area contributed by atoms with Gasteiger partial charge < -0.3 is 13.8 Å². The lowest BCUT2D eigenvalue weighted by Gasteiger charge is -2.34. The van der Waals surface area contributed by atoms with Crippen LogP contribution in [-0.4, -0.2) is 46.2 Å². The van der Waals surface area contributed by atoms with Gasteiger partial charge >= 0.3 is 0 Å². The van der Waals surface area contributed by atoms with Crippen LogP contribution in [0.2, 0.25) is 0 Å². The summed E-state index contributed by atoms with van der Waals surface area (Å²) in [6.07, 6.45) is 3.45. The Balaban J connectivity index is 1.35. The zero-order valence-electron chi connectivity index (χ0n) is 13.6. The van der Waals surface area contributed by atoms with E-state index in [4.69, 9.17) is 8.94 Å². The maximum atomic E-state index is 5.36. The third-order valence-corrected chi connectivity index (χ3v) is 4.17. The van der Waals surface area contributed by atoms with E-state index >= 15 is 0 Å². The van der Waals surface area contributed by atoms with Crippen LogP contribution in [0.1, 0.15) is 11.5 Å². The van der Waals surface area contributed by atoms with Gasteiger partial charge in [-0.2, -0.15) is 0 Å². The van der Waals surface area contributed by atoms with Crippen molar-refractivity contribution in [1.82, 2.24) is 20.0 Å². The zero-order chi connectivity index (χ0) is 16.4. The third-order valence-electron chi connectivity index (χ3n) is 4.17. The van der Waals surface area contributed by atoms with E-state index in [2.05, 4.69) is 24.9 Å². The highest BCUT2D eigenvalue weighted by Crippen LogP contribution is 2.21. The summed E-state index contributed by atoms with van der Waals surface area (Å²) in [4.78, 5) is 13.3. The van der Waals surface area contributed by atoms with Crippen LogP contribution < -0.4 is 4.90 Å². The van der Waals surface area contributed by atoms with Gasteiger partial charge in [0.25, 0.3) is 0 Å². The predicted molar refractivity (Wildman–Crippen MR) is 88.5 cm³/mol. The first kappa shape index (κ1) is 14.9. The Morgan fingerprint density at radius 2 is 2.00 bits per heavy atom. The Morgan fingerprint density at radius 3 is 2.75 bits per heavy atom. The fourth-order valence-corrected chi connectivity index (χ4v) is 2.91. The van der Waals surface area contributed by atoms with Gasteiger partial charge in [0, 0.05) is 45.0 Å². The minimum absolute atomic E-state index is 0.671. The van der Waals surface area contributed by atoms with E-state index < -0.39 is 0 Å². The molecule has 7 heteroatoms. The van der Waals surface area contributed by atoms with Crippen molar-refractivity contribution in [2.45, 2.75) is 13.5 Å². The van der Waals surface area contributed by atoms with Gasteiger partial charge in [-0.25, -0.2) is 9.97 Å². The number of hydrogen-bond donors (Lipinski definition) is 0. The monoisotopic (exact) mass is 325 g/mol. The Hall–Kier alpha value is -2.67. The standard InChI is InChI=1S/C17H19N5O2/c1-13-18-5-4-17(19-13)22-8-6-21(7-9-22)12-14-11-16(24-20-14)15-3-2-10-23-15/h2-5,10-11H,6-9,12H2,1H3. The van der Waals surface area contributed by atoms with E-state index in [1.807, 2.05) is 37.4 Å². The van der Waals surface area contributed by atoms with E-state index in [0.29, 0.717) is 11.5 Å². The molecule has 7 nitrogen and oxygen atoms in total. The number of piperazine rings is 1. The molecule has 24 heavy (non-hydrogen) atoms. The van der Waals surface area contributed by atoms with E-state index in [-0.39, 0.29) is 0 Å². The second-order valence-corrected chi connectivity index (χ2v) is 5.89. The molecule has 0 amide bonds. The second kappa shape index (κ2) is 6.45. The van der Waals surface area contributed by atoms with Gasteiger partial charge in [-0.05, 0) is 25.1 Å². The van der Waals surface area contributed by atoms with Crippen molar-refractivity contribution in [3.05, 3.63) is 48.2 Å². The first-order valence-corrected chi connectivity index (χ1v) is 8.04. The van der Waals surface area contributed by atoms with Crippen LogP contribution in [0.4, 0.5) is 5.82 Å². The SMILES string of the molecule is Cc1nccc(N2CCN(Cc3cc(-c4ccco4)on3)CC2)n1. The molecule has 0 N–H and O–H groups in total. The number of furan rings is 1. The van der Waals surface area contributed by atoms with E-state index in [9.17, 15) is 0 Å². The Kier molecular flexibility index (Phi) is 4.00. The summed E-state index contributed by atoms with van der Waals surface area (Å²) in [5, 5.41) is 4.14. The Bertz CT molecular complexity index is 791. The maximum absolute atomic E-state index is 5.36. The molecule has 0 saturated carbocycles. The van der Waals surface area contributed by atoms with Crippen LogP contribution in [0.25, 0.3) is 11.5 Å². The van der Waals surface area contributed by atoms with Crippen molar-refractivity contribution in [3.63, 3.8) is 0 Å². The molecule has 0 radical (unpaired) electrons. The number of aryl methyl sites for hydroxylation is 1. The lowest BCUT2D eigenvalue weighted by molar-refractivity contribution is 0.241. The first-order chi connectivity index (χ1) is 11.8. The van der Waals surface area contributed by atoms with Crippen molar-refractivity contribution in [3.8, 4) is 11.5 Å². The number of rotatable bonds is 4. The molecule has 3 aromatic rings. The molecule has 0 aromatic carbocycles. The summed E-state index contributed by atoms with van der Waals surface area (Å²) in [6, 6.07) is 7.62. The molecule has 1 aliphatic heterocycles. The van der Waals surface area contributed by atoms with Crippen LogP contribution in [0.3, 0.4) is 0 Å². The minimum atomic E-state index is 0.671. The summed E-state index contributed by atoms with van der Waals surface area (Å²) < 4.78 is 10.7. The van der Waals surface area contributed by atoms with E-state index in [1.165, 1.54) is 0 Å². The third kappa shape index (κ3) is 3.16. The molecular formula is C17H19N5O2. The fraction of sp³-hybridized carbons (Fsp3) is 0.353. The summed E-state index contributed by atoms with van der Waals surface area (Å²) in [7, 11) is 0. The summed E-state index contributed by atoms with van der Waals surface area (Å²) in [5.41, 5.74) is 0.924. The quantitative estimate of drug-likeness (QED) is 0.729. The molecule has 124 valence electrons. The molecule has 4 heterocycles. The summed E-state index contributed by atoms with van der Waals surface area (Å²) in [5.74, 6) is 3.19. The van der Waals surface area contributed by atoms with Crippen LogP contribution in [0.5, 0.6) is 0 Å². The number of hydrogen-bond acceptors (Lipinski definition) is 7. The van der Waals surface area contributed by atoms with Gasteiger partial charge in [-0.3, -0.25) is 4.90 Å². The highest BCUT2D eigenvalue weighted by atomic mass is 16.5. The van der Waals surface area contributed by atoms with Crippen LogP contribution >= 0.6 is 0 Å². The average molecular weight is 325 g/mol. The molecule has 4 rings (SSSR count). The van der Waals surface area contributed by atoms with Gasteiger partial charge in [-0.15, -0.1) is 0 Å². The van der Waals surface area contributed by atoms with Gasteiger partial charge in [0.05, 0.1) is 12.0 Å². The molecule has 3 aromatic heterocycles. The van der Waals surface area contributed by atoms with Crippen molar-refractivity contribution >= 4 is 5.82 Å².